The lowest BCUT2D eigenvalue weighted by Gasteiger charge is -2.01. The summed E-state index contributed by atoms with van der Waals surface area (Å²) in [5.41, 5.74) is 13.6. The number of H-pyrrole nitrogens is 1. The molecule has 0 atom stereocenters. The van der Waals surface area contributed by atoms with Gasteiger partial charge in [-0.15, -0.1) is 0 Å². The van der Waals surface area contributed by atoms with E-state index >= 15 is 0 Å². The minimum atomic E-state index is -0.582. The highest BCUT2D eigenvalue weighted by Gasteiger charge is 2.16. The van der Waals surface area contributed by atoms with Crippen molar-refractivity contribution in [1.82, 2.24) is 10.2 Å². The number of benzene rings is 1. The minimum absolute atomic E-state index is 0.128. The summed E-state index contributed by atoms with van der Waals surface area (Å²) in [5.74, 6) is -0.454. The van der Waals surface area contributed by atoms with Crippen LogP contribution in [0.3, 0.4) is 0 Å². The summed E-state index contributed by atoms with van der Waals surface area (Å²) in [7, 11) is 0. The zero-order valence-corrected chi connectivity index (χ0v) is 8.82. The van der Waals surface area contributed by atoms with Crippen LogP contribution >= 0.6 is 0 Å². The van der Waals surface area contributed by atoms with Gasteiger partial charge in [-0.3, -0.25) is 9.89 Å². The van der Waals surface area contributed by atoms with Crippen molar-refractivity contribution in [1.29, 1.82) is 0 Å². The molecule has 16 heavy (non-hydrogen) atoms. The predicted octanol–water partition coefficient (Wildman–Crippen LogP) is 1.07. The zero-order chi connectivity index (χ0) is 11.7. The first-order valence-electron chi connectivity index (χ1n) is 4.80. The summed E-state index contributed by atoms with van der Waals surface area (Å²) in [6.07, 6.45) is 0. The number of nitrogens with two attached hydrogens (primary N) is 2. The summed E-state index contributed by atoms with van der Waals surface area (Å²) in [4.78, 5) is 11.2. The highest BCUT2D eigenvalue weighted by molar-refractivity contribution is 6.03. The molecular formula is C11H12N4O. The summed E-state index contributed by atoms with van der Waals surface area (Å²) < 4.78 is 0. The molecule has 0 unspecified atom stereocenters. The van der Waals surface area contributed by atoms with Crippen molar-refractivity contribution < 1.29 is 4.79 Å². The van der Waals surface area contributed by atoms with E-state index in [4.69, 9.17) is 11.5 Å². The SMILES string of the molecule is Cc1ccc(-c2[nH]nc(N)c2C(N)=O)cc1. The van der Waals surface area contributed by atoms with Gasteiger partial charge in [-0.2, -0.15) is 5.10 Å². The number of nitrogens with one attached hydrogen (secondary N) is 1. The van der Waals surface area contributed by atoms with Gasteiger partial charge < -0.3 is 11.5 Å². The second-order valence-corrected chi connectivity index (χ2v) is 3.59. The Morgan fingerprint density at radius 1 is 1.31 bits per heavy atom. The number of carbonyl (C=O) groups is 1. The summed E-state index contributed by atoms with van der Waals surface area (Å²) in [5, 5.41) is 6.50. The number of rotatable bonds is 2. The van der Waals surface area contributed by atoms with E-state index in [0.717, 1.165) is 11.1 Å². The van der Waals surface area contributed by atoms with Crippen LogP contribution in [0.4, 0.5) is 5.82 Å². The lowest BCUT2D eigenvalue weighted by atomic mass is 10.1. The van der Waals surface area contributed by atoms with Gasteiger partial charge in [0.05, 0.1) is 5.69 Å². The molecule has 5 nitrogen and oxygen atoms in total. The van der Waals surface area contributed by atoms with Crippen LogP contribution in [0.25, 0.3) is 11.3 Å². The third kappa shape index (κ3) is 1.63. The van der Waals surface area contributed by atoms with E-state index in [1.165, 1.54) is 0 Å². The van der Waals surface area contributed by atoms with Crippen LogP contribution in [0, 0.1) is 6.92 Å². The summed E-state index contributed by atoms with van der Waals surface area (Å²) in [6.45, 7) is 1.99. The number of carbonyl (C=O) groups excluding carboxylic acids is 1. The molecule has 1 aromatic heterocycles. The van der Waals surface area contributed by atoms with E-state index in [-0.39, 0.29) is 11.4 Å². The highest BCUT2D eigenvalue weighted by Crippen LogP contribution is 2.24. The van der Waals surface area contributed by atoms with Crippen LogP contribution in [-0.4, -0.2) is 16.1 Å². The number of nitrogens with zero attached hydrogens (tertiary/aromatic N) is 1. The molecule has 2 rings (SSSR count). The summed E-state index contributed by atoms with van der Waals surface area (Å²) in [6, 6.07) is 7.65. The largest absolute Gasteiger partial charge is 0.382 e. The zero-order valence-electron chi connectivity index (χ0n) is 8.82. The maximum absolute atomic E-state index is 11.2. The molecule has 82 valence electrons. The van der Waals surface area contributed by atoms with Crippen LogP contribution in [0.15, 0.2) is 24.3 Å². The maximum atomic E-state index is 11.2. The first-order valence-corrected chi connectivity index (χ1v) is 4.80. The number of primary amides is 1. The normalized spacial score (nSPS) is 10.3. The number of aromatic nitrogens is 2. The fourth-order valence-corrected chi connectivity index (χ4v) is 1.53. The van der Waals surface area contributed by atoms with Gasteiger partial charge >= 0.3 is 0 Å². The van der Waals surface area contributed by atoms with E-state index in [0.29, 0.717) is 5.69 Å². The number of nitrogen functional groups attached to an aromatic ring is 1. The molecule has 0 saturated carbocycles. The van der Waals surface area contributed by atoms with Crippen LogP contribution < -0.4 is 11.5 Å². The van der Waals surface area contributed by atoms with Crippen molar-refractivity contribution >= 4 is 11.7 Å². The van der Waals surface area contributed by atoms with E-state index in [2.05, 4.69) is 10.2 Å². The molecule has 0 saturated heterocycles. The van der Waals surface area contributed by atoms with Gasteiger partial charge in [0, 0.05) is 5.56 Å². The Hall–Kier alpha value is -2.30. The van der Waals surface area contributed by atoms with E-state index < -0.39 is 5.91 Å². The molecule has 1 heterocycles. The van der Waals surface area contributed by atoms with Crippen LogP contribution in [0.5, 0.6) is 0 Å². The Labute approximate surface area is 92.5 Å². The Bertz CT molecular complexity index is 527. The van der Waals surface area contributed by atoms with Crippen molar-refractivity contribution in [3.8, 4) is 11.3 Å². The van der Waals surface area contributed by atoms with Crippen molar-refractivity contribution in [3.63, 3.8) is 0 Å². The van der Waals surface area contributed by atoms with Gasteiger partial charge in [-0.1, -0.05) is 29.8 Å². The number of hydrogen-bond donors (Lipinski definition) is 3. The van der Waals surface area contributed by atoms with E-state index in [1.54, 1.807) is 0 Å². The van der Waals surface area contributed by atoms with Crippen LogP contribution in [0.2, 0.25) is 0 Å². The van der Waals surface area contributed by atoms with Gasteiger partial charge in [0.2, 0.25) is 0 Å². The van der Waals surface area contributed by atoms with Crippen LogP contribution in [0.1, 0.15) is 15.9 Å². The minimum Gasteiger partial charge on any atom is -0.382 e. The monoisotopic (exact) mass is 216 g/mol. The molecule has 0 bridgehead atoms. The first kappa shape index (κ1) is 10.2. The lowest BCUT2D eigenvalue weighted by molar-refractivity contribution is 0.100. The quantitative estimate of drug-likeness (QED) is 0.700. The van der Waals surface area contributed by atoms with Crippen molar-refractivity contribution in [3.05, 3.63) is 35.4 Å². The van der Waals surface area contributed by atoms with Crippen LogP contribution in [-0.2, 0) is 0 Å². The molecule has 0 aliphatic rings. The highest BCUT2D eigenvalue weighted by atomic mass is 16.1. The molecule has 0 fully saturated rings. The van der Waals surface area contributed by atoms with Gasteiger partial charge in [-0.25, -0.2) is 0 Å². The van der Waals surface area contributed by atoms with Gasteiger partial charge in [0.15, 0.2) is 5.82 Å². The fraction of sp³-hybridized carbons (Fsp3) is 0.0909. The second kappa shape index (κ2) is 3.69. The Morgan fingerprint density at radius 3 is 2.50 bits per heavy atom. The summed E-state index contributed by atoms with van der Waals surface area (Å²) >= 11 is 0. The number of hydrogen-bond acceptors (Lipinski definition) is 3. The van der Waals surface area contributed by atoms with E-state index in [1.807, 2.05) is 31.2 Å². The third-order valence-corrected chi connectivity index (χ3v) is 2.38. The Kier molecular flexibility index (Phi) is 2.36. The average Bonchev–Trinajstić information content (AvgIpc) is 2.61. The number of aryl methyl sites for hydroxylation is 1. The molecule has 5 N–H and O–H groups in total. The molecule has 1 amide bonds. The van der Waals surface area contributed by atoms with Crippen molar-refractivity contribution in [2.75, 3.05) is 5.73 Å². The molecule has 5 heteroatoms. The molecule has 0 aliphatic heterocycles. The van der Waals surface area contributed by atoms with Crippen molar-refractivity contribution in [2.24, 2.45) is 5.73 Å². The number of anilines is 1. The van der Waals surface area contributed by atoms with Gasteiger partial charge in [0.25, 0.3) is 5.91 Å². The molecule has 1 aromatic carbocycles. The molecule has 2 aromatic rings. The second-order valence-electron chi connectivity index (χ2n) is 3.59. The third-order valence-electron chi connectivity index (χ3n) is 2.38. The van der Waals surface area contributed by atoms with E-state index in [9.17, 15) is 4.79 Å². The fourth-order valence-electron chi connectivity index (χ4n) is 1.53. The Morgan fingerprint density at radius 2 is 1.94 bits per heavy atom. The smallest absolute Gasteiger partial charge is 0.254 e. The molecule has 0 aliphatic carbocycles. The first-order chi connectivity index (χ1) is 7.59. The topological polar surface area (TPSA) is 97.8 Å². The Balaban J connectivity index is 2.56. The van der Waals surface area contributed by atoms with Crippen molar-refractivity contribution in [2.45, 2.75) is 6.92 Å². The number of amides is 1. The average molecular weight is 216 g/mol. The molecule has 0 spiro atoms. The number of aromatic amines is 1. The standard InChI is InChI=1S/C11H12N4O/c1-6-2-4-7(5-3-6)9-8(11(13)16)10(12)15-14-9/h2-5H,1H3,(H2,13,16)(H3,12,14,15). The maximum Gasteiger partial charge on any atom is 0.254 e. The van der Waals surface area contributed by atoms with Gasteiger partial charge in [0.1, 0.15) is 5.56 Å². The van der Waals surface area contributed by atoms with Gasteiger partial charge in [-0.05, 0) is 6.92 Å². The lowest BCUT2D eigenvalue weighted by Crippen LogP contribution is -2.13. The molecular weight excluding hydrogens is 204 g/mol. The molecule has 0 radical (unpaired) electrons. The predicted molar refractivity (Wildman–Crippen MR) is 61.7 cm³/mol.